The van der Waals surface area contributed by atoms with Gasteiger partial charge in [0.25, 0.3) is 0 Å². The van der Waals surface area contributed by atoms with Crippen molar-refractivity contribution in [1.29, 1.82) is 0 Å². The summed E-state index contributed by atoms with van der Waals surface area (Å²) in [6.45, 7) is -4.37. The summed E-state index contributed by atoms with van der Waals surface area (Å²) in [6.07, 6.45) is 5.61. The van der Waals surface area contributed by atoms with Crippen LogP contribution in [0.25, 0.3) is 0 Å². The van der Waals surface area contributed by atoms with Crippen molar-refractivity contribution in [2.45, 2.75) is 44.9 Å². The molecule has 2 heterocycles. The molecule has 0 aliphatic carbocycles. The number of halogens is 4. The number of pyridine rings is 2. The number of nitrogens with one attached hydrogen (secondary N) is 1. The van der Waals surface area contributed by atoms with Crippen molar-refractivity contribution >= 4 is 5.82 Å². The van der Waals surface area contributed by atoms with Gasteiger partial charge >= 0.3 is 13.2 Å². The topological polar surface area (TPSA) is 70.3 Å². The zero-order valence-electron chi connectivity index (χ0n) is 21.0. The van der Waals surface area contributed by atoms with E-state index in [4.69, 9.17) is 0 Å². The van der Waals surface area contributed by atoms with E-state index in [0.717, 1.165) is 23.1 Å². The van der Waals surface area contributed by atoms with Crippen molar-refractivity contribution < 1.29 is 31.8 Å². The van der Waals surface area contributed by atoms with Gasteiger partial charge in [-0.1, -0.05) is 49.4 Å². The number of anilines is 1. The molecule has 4 rings (SSSR count). The molecule has 0 aliphatic rings. The van der Waals surface area contributed by atoms with Crippen LogP contribution in [-0.4, -0.2) is 18.2 Å². The predicted octanol–water partition coefficient (Wildman–Crippen LogP) is 6.86. The predicted molar refractivity (Wildman–Crippen MR) is 138 cm³/mol. The molecule has 1 unspecified atom stereocenters. The van der Waals surface area contributed by atoms with Crippen LogP contribution in [0.5, 0.6) is 11.5 Å². The number of nitrogens with zero attached hydrogens (tertiary/aromatic N) is 2. The highest BCUT2D eigenvalue weighted by Gasteiger charge is 2.22. The van der Waals surface area contributed by atoms with Crippen LogP contribution in [0, 0.1) is 5.21 Å². The molecule has 2 aromatic carbocycles. The van der Waals surface area contributed by atoms with Crippen LogP contribution in [-0.2, 0) is 6.42 Å². The van der Waals surface area contributed by atoms with Crippen LogP contribution in [0.2, 0.25) is 0 Å². The molecule has 6 nitrogen and oxygen atoms in total. The molecule has 2 aromatic heterocycles. The maximum atomic E-state index is 13.1. The first kappa shape index (κ1) is 27.7. The van der Waals surface area contributed by atoms with E-state index in [9.17, 15) is 22.8 Å². The first-order chi connectivity index (χ1) is 18.8. The minimum atomic E-state index is -3.23. The normalized spacial score (nSPS) is 12.8. The number of aromatic nitrogens is 2. The minimum absolute atomic E-state index is 0.0554. The maximum Gasteiger partial charge on any atom is 0.387 e. The summed E-state index contributed by atoms with van der Waals surface area (Å²) in [4.78, 5) is 4.58. The first-order valence-electron chi connectivity index (χ1n) is 12.3. The lowest BCUT2D eigenvalue weighted by Gasteiger charge is -2.21. The molecule has 0 aliphatic heterocycles. The SMILES string of the molecule is CC[C@@H](Nc1ccc(C(Cc2cc[n+]([O-])cc2)c2ccc(OC(F)F)c(OC(F)F)c2)cn1)c1ccccc1. The van der Waals surface area contributed by atoms with Gasteiger partial charge in [-0.15, -0.1) is 0 Å². The second-order valence-corrected chi connectivity index (χ2v) is 8.78. The average Bonchev–Trinajstić information content (AvgIpc) is 2.93. The Morgan fingerprint density at radius 1 is 0.821 bits per heavy atom. The van der Waals surface area contributed by atoms with Crippen molar-refractivity contribution in [1.82, 2.24) is 4.98 Å². The molecule has 1 N–H and O–H groups in total. The van der Waals surface area contributed by atoms with E-state index in [1.165, 1.54) is 30.6 Å². The summed E-state index contributed by atoms with van der Waals surface area (Å²) >= 11 is 0. The second kappa shape index (κ2) is 12.9. The average molecular weight is 542 g/mol. The first-order valence-corrected chi connectivity index (χ1v) is 12.3. The van der Waals surface area contributed by atoms with Crippen LogP contribution >= 0.6 is 0 Å². The van der Waals surface area contributed by atoms with E-state index in [0.29, 0.717) is 22.5 Å². The molecular weight excluding hydrogens is 514 g/mol. The molecule has 10 heteroatoms. The van der Waals surface area contributed by atoms with Crippen LogP contribution in [0.1, 0.15) is 47.6 Å². The van der Waals surface area contributed by atoms with E-state index in [1.54, 1.807) is 18.3 Å². The van der Waals surface area contributed by atoms with Gasteiger partial charge in [-0.2, -0.15) is 22.3 Å². The van der Waals surface area contributed by atoms with Crippen molar-refractivity contribution in [3.05, 3.63) is 119 Å². The summed E-state index contributed by atoms with van der Waals surface area (Å²) in [7, 11) is 0. The maximum absolute atomic E-state index is 13.1. The van der Waals surface area contributed by atoms with Gasteiger partial charge in [0.15, 0.2) is 23.9 Å². The Balaban J connectivity index is 1.66. The van der Waals surface area contributed by atoms with E-state index in [2.05, 4.69) is 26.7 Å². The van der Waals surface area contributed by atoms with Gasteiger partial charge < -0.3 is 20.0 Å². The third-order valence-corrected chi connectivity index (χ3v) is 6.23. The zero-order chi connectivity index (χ0) is 27.8. The number of rotatable bonds is 12. The summed E-state index contributed by atoms with van der Waals surface area (Å²) in [5, 5.41) is 14.9. The third kappa shape index (κ3) is 7.59. The van der Waals surface area contributed by atoms with E-state index in [-0.39, 0.29) is 6.04 Å². The molecule has 4 aromatic rings. The minimum Gasteiger partial charge on any atom is -0.619 e. The largest absolute Gasteiger partial charge is 0.619 e. The van der Waals surface area contributed by atoms with Crippen LogP contribution in [0.4, 0.5) is 23.4 Å². The van der Waals surface area contributed by atoms with E-state index in [1.807, 2.05) is 42.5 Å². The Morgan fingerprint density at radius 3 is 2.10 bits per heavy atom. The van der Waals surface area contributed by atoms with E-state index >= 15 is 0 Å². The fourth-order valence-corrected chi connectivity index (χ4v) is 4.35. The van der Waals surface area contributed by atoms with Gasteiger partial charge in [-0.05, 0) is 53.3 Å². The molecule has 39 heavy (non-hydrogen) atoms. The van der Waals surface area contributed by atoms with Crippen LogP contribution in [0.15, 0.2) is 91.4 Å². The third-order valence-electron chi connectivity index (χ3n) is 6.23. The number of hydrogen-bond acceptors (Lipinski definition) is 5. The molecule has 0 saturated heterocycles. The Bertz CT molecular complexity index is 1320. The van der Waals surface area contributed by atoms with Crippen molar-refractivity contribution in [2.24, 2.45) is 0 Å². The lowest BCUT2D eigenvalue weighted by atomic mass is 9.86. The number of ether oxygens (including phenoxy) is 2. The van der Waals surface area contributed by atoms with Crippen molar-refractivity contribution in [3.63, 3.8) is 0 Å². The highest BCUT2D eigenvalue weighted by atomic mass is 19.3. The fourth-order valence-electron chi connectivity index (χ4n) is 4.35. The van der Waals surface area contributed by atoms with Crippen LogP contribution < -0.4 is 19.5 Å². The molecule has 204 valence electrons. The molecule has 0 fully saturated rings. The van der Waals surface area contributed by atoms with Gasteiger partial charge in [0.05, 0.1) is 6.04 Å². The van der Waals surface area contributed by atoms with Gasteiger partial charge in [-0.25, -0.2) is 4.98 Å². The molecule has 0 bridgehead atoms. The van der Waals surface area contributed by atoms with Gasteiger partial charge in [-0.3, -0.25) is 0 Å². The Kier molecular flexibility index (Phi) is 9.19. The molecule has 2 atom stereocenters. The summed E-state index contributed by atoms with van der Waals surface area (Å²) in [5.41, 5.74) is 3.19. The zero-order valence-corrected chi connectivity index (χ0v) is 21.0. The smallest absolute Gasteiger partial charge is 0.387 e. The number of hydrogen-bond donors (Lipinski definition) is 1. The monoisotopic (exact) mass is 541 g/mol. The van der Waals surface area contributed by atoms with Gasteiger partial charge in [0.1, 0.15) is 5.82 Å². The quantitative estimate of drug-likeness (QED) is 0.121. The molecular formula is C29H27F4N3O3. The summed E-state index contributed by atoms with van der Waals surface area (Å²) in [6, 6.07) is 21.0. The van der Waals surface area contributed by atoms with E-state index < -0.39 is 30.6 Å². The molecule has 0 amide bonds. The Morgan fingerprint density at radius 2 is 1.49 bits per heavy atom. The highest BCUT2D eigenvalue weighted by molar-refractivity contribution is 5.48. The van der Waals surface area contributed by atoms with Crippen molar-refractivity contribution in [2.75, 3.05) is 5.32 Å². The Labute approximate surface area is 223 Å². The highest BCUT2D eigenvalue weighted by Crippen LogP contribution is 2.37. The lowest BCUT2D eigenvalue weighted by Crippen LogP contribution is -2.24. The van der Waals surface area contributed by atoms with Crippen LogP contribution in [0.3, 0.4) is 0 Å². The Hall–Kier alpha value is -4.34. The van der Waals surface area contributed by atoms with Gasteiger partial charge in [0.2, 0.25) is 0 Å². The van der Waals surface area contributed by atoms with Gasteiger partial charge in [0, 0.05) is 24.2 Å². The molecule has 0 spiro atoms. The van der Waals surface area contributed by atoms with Crippen molar-refractivity contribution in [3.8, 4) is 11.5 Å². The number of benzene rings is 2. The summed E-state index contributed by atoms with van der Waals surface area (Å²) < 4.78 is 61.3. The summed E-state index contributed by atoms with van der Waals surface area (Å²) in [5.74, 6) is -0.768. The number of alkyl halides is 4. The fraction of sp³-hybridized carbons (Fsp3) is 0.241. The lowest BCUT2D eigenvalue weighted by molar-refractivity contribution is -0.605. The molecule has 0 saturated carbocycles. The standard InChI is InChI=1S/C29H27F4N3O3/c1-2-24(20-6-4-3-5-7-20)35-27-11-9-22(18-34-27)23(16-19-12-14-36(37)15-13-19)21-8-10-25(38-28(30)31)26(17-21)39-29(32)33/h3-15,17-18,23-24,28-29H,2,16H2,1H3,(H,34,35)/t23?,24-/m1/s1. The molecule has 0 radical (unpaired) electrons. The second-order valence-electron chi connectivity index (χ2n) is 8.78.